The summed E-state index contributed by atoms with van der Waals surface area (Å²) in [5.41, 5.74) is 2.97. The molecule has 0 saturated carbocycles. The number of nitrogens with zero attached hydrogens (tertiary/aromatic N) is 5. The molecule has 3 heterocycles. The molecule has 0 aliphatic rings. The highest BCUT2D eigenvalue weighted by molar-refractivity contribution is 7.07. The van der Waals surface area contributed by atoms with Gasteiger partial charge >= 0.3 is 0 Å². The molecule has 0 atom stereocenters. The van der Waals surface area contributed by atoms with Crippen molar-refractivity contribution in [3.8, 4) is 16.9 Å². The van der Waals surface area contributed by atoms with E-state index in [1.807, 2.05) is 70.3 Å². The van der Waals surface area contributed by atoms with Crippen LogP contribution in [0, 0.1) is 19.7 Å². The zero-order valence-electron chi connectivity index (χ0n) is 20.3. The van der Waals surface area contributed by atoms with Crippen LogP contribution >= 0.6 is 11.3 Å². The highest BCUT2D eigenvalue weighted by atomic mass is 32.1. The second-order valence-corrected chi connectivity index (χ2v) is 9.15. The molecule has 0 spiro atoms. The maximum absolute atomic E-state index is 14.8. The van der Waals surface area contributed by atoms with Gasteiger partial charge in [-0.2, -0.15) is 5.10 Å². The molecule has 0 amide bonds. The SMILES string of the molecule is CC(=Nn1c(-c2ccccc2F)csc1=Nc1c(C)n(C)n(-c2ccccc2)c1=O)c1ccc(C)o1. The Hall–Kier alpha value is -4.24. The molecule has 3 aromatic heterocycles. The van der Waals surface area contributed by atoms with Crippen molar-refractivity contribution in [2.75, 3.05) is 0 Å². The number of benzene rings is 2. The lowest BCUT2D eigenvalue weighted by molar-refractivity contribution is 0.524. The van der Waals surface area contributed by atoms with E-state index >= 15 is 0 Å². The van der Waals surface area contributed by atoms with Gasteiger partial charge in [0.25, 0.3) is 5.56 Å². The molecule has 182 valence electrons. The predicted octanol–water partition coefficient (Wildman–Crippen LogP) is 5.56. The van der Waals surface area contributed by atoms with Gasteiger partial charge in [0.2, 0.25) is 4.80 Å². The van der Waals surface area contributed by atoms with E-state index in [0.29, 0.717) is 38.9 Å². The Labute approximate surface area is 210 Å². The first-order chi connectivity index (χ1) is 17.3. The van der Waals surface area contributed by atoms with Gasteiger partial charge < -0.3 is 4.42 Å². The molecule has 5 aromatic rings. The molecule has 0 bridgehead atoms. The third-order valence-corrected chi connectivity index (χ3v) is 6.73. The fourth-order valence-electron chi connectivity index (χ4n) is 3.94. The van der Waals surface area contributed by atoms with E-state index < -0.39 is 0 Å². The minimum atomic E-state index is -0.375. The van der Waals surface area contributed by atoms with E-state index in [4.69, 9.17) is 14.5 Å². The van der Waals surface area contributed by atoms with Crippen LogP contribution in [0.3, 0.4) is 0 Å². The quantitative estimate of drug-likeness (QED) is 0.296. The molecular weight excluding hydrogens is 477 g/mol. The van der Waals surface area contributed by atoms with Gasteiger partial charge in [-0.05, 0) is 57.2 Å². The largest absolute Gasteiger partial charge is 0.460 e. The van der Waals surface area contributed by atoms with Crippen LogP contribution in [-0.4, -0.2) is 19.8 Å². The highest BCUT2D eigenvalue weighted by Crippen LogP contribution is 2.24. The Bertz CT molecular complexity index is 1720. The van der Waals surface area contributed by atoms with E-state index in [1.165, 1.54) is 17.4 Å². The lowest BCUT2D eigenvalue weighted by Crippen LogP contribution is -2.20. The molecule has 0 aliphatic heterocycles. The number of furan rings is 1. The van der Waals surface area contributed by atoms with Crippen molar-refractivity contribution in [3.63, 3.8) is 0 Å². The summed E-state index contributed by atoms with van der Waals surface area (Å²) in [5.74, 6) is 0.981. The maximum atomic E-state index is 14.8. The first kappa shape index (κ1) is 23.5. The number of thiazole rings is 1. The van der Waals surface area contributed by atoms with E-state index in [1.54, 1.807) is 37.6 Å². The van der Waals surface area contributed by atoms with E-state index in [9.17, 15) is 9.18 Å². The van der Waals surface area contributed by atoms with Crippen molar-refractivity contribution in [1.82, 2.24) is 14.0 Å². The molecule has 0 aliphatic carbocycles. The molecule has 2 aromatic carbocycles. The average Bonchev–Trinajstić information content (AvgIpc) is 3.54. The van der Waals surface area contributed by atoms with Gasteiger partial charge in [0.15, 0.2) is 5.69 Å². The summed E-state index contributed by atoms with van der Waals surface area (Å²) in [6, 6.07) is 19.6. The first-order valence-electron chi connectivity index (χ1n) is 11.3. The molecule has 0 unspecified atom stereocenters. The number of aromatic nitrogens is 3. The molecule has 5 rings (SSSR count). The van der Waals surface area contributed by atoms with Crippen molar-refractivity contribution in [2.45, 2.75) is 20.8 Å². The summed E-state index contributed by atoms with van der Waals surface area (Å²) < 4.78 is 25.4. The summed E-state index contributed by atoms with van der Waals surface area (Å²) in [7, 11) is 1.82. The van der Waals surface area contributed by atoms with Gasteiger partial charge in [-0.15, -0.1) is 11.3 Å². The monoisotopic (exact) mass is 501 g/mol. The fourth-order valence-corrected chi connectivity index (χ4v) is 4.76. The number of hydrogen-bond donors (Lipinski definition) is 0. The Morgan fingerprint density at radius 3 is 2.42 bits per heavy atom. The molecule has 0 fully saturated rings. The number of halogens is 1. The lowest BCUT2D eigenvalue weighted by Gasteiger charge is -2.07. The topological polar surface area (TPSA) is 69.7 Å². The molecule has 9 heteroatoms. The van der Waals surface area contributed by atoms with Crippen LogP contribution in [0.25, 0.3) is 16.9 Å². The summed E-state index contributed by atoms with van der Waals surface area (Å²) in [6.07, 6.45) is 0. The molecule has 36 heavy (non-hydrogen) atoms. The predicted molar refractivity (Wildman–Crippen MR) is 140 cm³/mol. The maximum Gasteiger partial charge on any atom is 0.297 e. The van der Waals surface area contributed by atoms with Crippen molar-refractivity contribution in [2.24, 2.45) is 17.1 Å². The Balaban J connectivity index is 1.75. The Morgan fingerprint density at radius 2 is 1.72 bits per heavy atom. The molecular formula is C27H24FN5O2S. The van der Waals surface area contributed by atoms with E-state index in [0.717, 1.165) is 11.4 Å². The van der Waals surface area contributed by atoms with Gasteiger partial charge in [-0.1, -0.05) is 30.3 Å². The number of rotatable bonds is 5. The molecule has 7 nitrogen and oxygen atoms in total. The summed E-state index contributed by atoms with van der Waals surface area (Å²) in [6.45, 7) is 5.51. The average molecular weight is 502 g/mol. The zero-order valence-corrected chi connectivity index (χ0v) is 21.1. The Kier molecular flexibility index (Phi) is 6.15. The van der Waals surface area contributed by atoms with Crippen LogP contribution in [0.4, 0.5) is 10.1 Å². The number of hydrogen-bond acceptors (Lipinski definition) is 5. The normalized spacial score (nSPS) is 12.5. The Morgan fingerprint density at radius 1 is 1.00 bits per heavy atom. The van der Waals surface area contributed by atoms with E-state index in [-0.39, 0.29) is 11.4 Å². The third-order valence-electron chi connectivity index (χ3n) is 5.91. The second-order valence-electron chi connectivity index (χ2n) is 8.31. The van der Waals surface area contributed by atoms with Crippen LogP contribution in [0.5, 0.6) is 0 Å². The standard InChI is InChI=1S/C27H24FN5O2S/c1-17-14-15-24(35-17)18(2)30-32-23(21-12-8-9-13-22(21)28)16-36-27(32)29-25-19(3)31(4)33(26(25)34)20-10-6-5-7-11-20/h5-16H,1-4H3. The van der Waals surface area contributed by atoms with Crippen LogP contribution in [0.15, 0.2) is 91.4 Å². The van der Waals surface area contributed by atoms with Crippen molar-refractivity contribution in [3.05, 3.63) is 110 Å². The van der Waals surface area contributed by atoms with Crippen LogP contribution in [-0.2, 0) is 7.05 Å². The third kappa shape index (κ3) is 4.18. The summed E-state index contributed by atoms with van der Waals surface area (Å²) in [4.78, 5) is 18.6. The van der Waals surface area contributed by atoms with Crippen molar-refractivity contribution < 1.29 is 8.81 Å². The summed E-state index contributed by atoms with van der Waals surface area (Å²) >= 11 is 1.28. The summed E-state index contributed by atoms with van der Waals surface area (Å²) in [5, 5.41) is 6.52. The van der Waals surface area contributed by atoms with E-state index in [2.05, 4.69) is 0 Å². The number of para-hydroxylation sites is 1. The molecule has 0 N–H and O–H groups in total. The minimum Gasteiger partial charge on any atom is -0.460 e. The van der Waals surface area contributed by atoms with Gasteiger partial charge in [-0.3, -0.25) is 9.48 Å². The lowest BCUT2D eigenvalue weighted by atomic mass is 10.1. The van der Waals surface area contributed by atoms with Crippen molar-refractivity contribution >= 4 is 22.7 Å². The van der Waals surface area contributed by atoms with Crippen molar-refractivity contribution in [1.29, 1.82) is 0 Å². The van der Waals surface area contributed by atoms with Gasteiger partial charge in [0, 0.05) is 18.0 Å². The van der Waals surface area contributed by atoms with Gasteiger partial charge in [0.1, 0.15) is 23.0 Å². The van der Waals surface area contributed by atoms with Crippen LogP contribution in [0.2, 0.25) is 0 Å². The van der Waals surface area contributed by atoms with Gasteiger partial charge in [-0.25, -0.2) is 18.7 Å². The highest BCUT2D eigenvalue weighted by Gasteiger charge is 2.18. The van der Waals surface area contributed by atoms with Crippen LogP contribution in [0.1, 0.15) is 24.1 Å². The van der Waals surface area contributed by atoms with Crippen LogP contribution < -0.4 is 10.4 Å². The fraction of sp³-hybridized carbons (Fsp3) is 0.148. The molecule has 0 saturated heterocycles. The second kappa shape index (κ2) is 9.43. The minimum absolute atomic E-state index is 0.254. The zero-order chi connectivity index (χ0) is 25.4. The smallest absolute Gasteiger partial charge is 0.297 e. The molecule has 0 radical (unpaired) electrons. The van der Waals surface area contributed by atoms with Gasteiger partial charge in [0.05, 0.1) is 17.1 Å². The number of aryl methyl sites for hydroxylation is 1. The first-order valence-corrected chi connectivity index (χ1v) is 12.2.